The van der Waals surface area contributed by atoms with Crippen molar-refractivity contribution < 1.29 is 4.74 Å². The zero-order valence-electron chi connectivity index (χ0n) is 20.5. The molecule has 2 saturated heterocycles. The molecule has 1 aromatic rings. The standard InChI is InChI=1S/C25H42N4OS/c1-18(19-8-10-22(30-7)11-9-19)29(21-12-14-28(6)15-13-21)23(31)26-20-16-24(2,3)27-25(4,5)17-20/h8-11,18,20-21,27H,12-17H2,1-7H3,(H,26,31). The Morgan fingerprint density at radius 3 is 2.19 bits per heavy atom. The number of likely N-dealkylation sites (tertiary alicyclic amines) is 1. The first kappa shape index (κ1) is 24.3. The molecule has 0 bridgehead atoms. The summed E-state index contributed by atoms with van der Waals surface area (Å²) in [5, 5.41) is 8.47. The minimum atomic E-state index is 0.0923. The van der Waals surface area contributed by atoms with E-state index in [0.717, 1.165) is 49.6 Å². The lowest BCUT2D eigenvalue weighted by atomic mass is 9.79. The van der Waals surface area contributed by atoms with Crippen LogP contribution in [0.5, 0.6) is 5.75 Å². The Hall–Kier alpha value is -1.37. The molecule has 2 aliphatic rings. The molecular weight excluding hydrogens is 404 g/mol. The predicted molar refractivity (Wildman–Crippen MR) is 134 cm³/mol. The van der Waals surface area contributed by atoms with Crippen molar-refractivity contribution in [3.63, 3.8) is 0 Å². The second kappa shape index (κ2) is 9.63. The van der Waals surface area contributed by atoms with Gasteiger partial charge in [-0.15, -0.1) is 0 Å². The van der Waals surface area contributed by atoms with Gasteiger partial charge < -0.3 is 25.2 Å². The number of hydrogen-bond acceptors (Lipinski definition) is 4. The highest BCUT2D eigenvalue weighted by atomic mass is 32.1. The van der Waals surface area contributed by atoms with Gasteiger partial charge >= 0.3 is 0 Å². The number of rotatable bonds is 5. The van der Waals surface area contributed by atoms with Crippen molar-refractivity contribution in [2.75, 3.05) is 27.2 Å². The third-order valence-corrected chi connectivity index (χ3v) is 7.18. The number of piperidine rings is 2. The van der Waals surface area contributed by atoms with Crippen LogP contribution in [0.4, 0.5) is 0 Å². The van der Waals surface area contributed by atoms with Crippen LogP contribution in [-0.4, -0.2) is 65.3 Å². The fourth-order valence-corrected chi connectivity index (χ4v) is 6.12. The molecule has 0 aliphatic carbocycles. The Balaban J connectivity index is 1.80. The van der Waals surface area contributed by atoms with Gasteiger partial charge in [-0.3, -0.25) is 0 Å². The Bertz CT molecular complexity index is 724. The van der Waals surface area contributed by atoms with Crippen LogP contribution in [-0.2, 0) is 0 Å². The van der Waals surface area contributed by atoms with Crippen molar-refractivity contribution in [2.45, 2.75) is 89.5 Å². The molecular formula is C25H42N4OS. The van der Waals surface area contributed by atoms with Gasteiger partial charge in [0.1, 0.15) is 5.75 Å². The topological polar surface area (TPSA) is 39.8 Å². The Morgan fingerprint density at radius 1 is 1.13 bits per heavy atom. The van der Waals surface area contributed by atoms with Crippen molar-refractivity contribution in [2.24, 2.45) is 0 Å². The molecule has 1 unspecified atom stereocenters. The van der Waals surface area contributed by atoms with Gasteiger partial charge in [-0.05, 0) is 110 Å². The second-order valence-electron chi connectivity index (χ2n) is 10.8. The highest BCUT2D eigenvalue weighted by molar-refractivity contribution is 7.80. The molecule has 2 aliphatic heterocycles. The summed E-state index contributed by atoms with van der Waals surface area (Å²) >= 11 is 6.10. The maximum Gasteiger partial charge on any atom is 0.169 e. The lowest BCUT2D eigenvalue weighted by Crippen LogP contribution is -2.63. The molecule has 174 valence electrons. The summed E-state index contributed by atoms with van der Waals surface area (Å²) in [6.07, 6.45) is 4.41. The third-order valence-electron chi connectivity index (χ3n) is 6.85. The van der Waals surface area contributed by atoms with Crippen LogP contribution in [0.15, 0.2) is 24.3 Å². The van der Waals surface area contributed by atoms with E-state index in [9.17, 15) is 0 Å². The Labute approximate surface area is 194 Å². The lowest BCUT2D eigenvalue weighted by molar-refractivity contribution is 0.136. The van der Waals surface area contributed by atoms with Gasteiger partial charge in [0.25, 0.3) is 0 Å². The van der Waals surface area contributed by atoms with E-state index in [-0.39, 0.29) is 17.1 Å². The zero-order chi connectivity index (χ0) is 22.8. The number of hydrogen-bond donors (Lipinski definition) is 2. The average molecular weight is 447 g/mol. The summed E-state index contributed by atoms with van der Waals surface area (Å²) in [6.45, 7) is 13.7. The molecule has 0 amide bonds. The normalized spacial score (nSPS) is 23.2. The van der Waals surface area contributed by atoms with E-state index in [4.69, 9.17) is 17.0 Å². The summed E-state index contributed by atoms with van der Waals surface area (Å²) < 4.78 is 5.36. The predicted octanol–water partition coefficient (Wildman–Crippen LogP) is 4.34. The van der Waals surface area contributed by atoms with E-state index in [0.29, 0.717) is 12.1 Å². The van der Waals surface area contributed by atoms with Crippen LogP contribution >= 0.6 is 12.2 Å². The van der Waals surface area contributed by atoms with Crippen molar-refractivity contribution in [3.05, 3.63) is 29.8 Å². The SMILES string of the molecule is COc1ccc(C(C)N(C(=S)NC2CC(C)(C)NC(C)(C)C2)C2CCN(C)CC2)cc1. The average Bonchev–Trinajstić information content (AvgIpc) is 2.67. The number of thiocarbonyl (C=S) groups is 1. The van der Waals surface area contributed by atoms with Crippen molar-refractivity contribution in [1.82, 2.24) is 20.4 Å². The van der Waals surface area contributed by atoms with Crippen LogP contribution in [0.2, 0.25) is 0 Å². The van der Waals surface area contributed by atoms with Gasteiger partial charge in [0.15, 0.2) is 5.11 Å². The number of methoxy groups -OCH3 is 1. The largest absolute Gasteiger partial charge is 0.497 e. The fourth-order valence-electron chi connectivity index (χ4n) is 5.65. The molecule has 0 aromatic heterocycles. The van der Waals surface area contributed by atoms with Gasteiger partial charge in [0.05, 0.1) is 13.2 Å². The molecule has 5 nitrogen and oxygen atoms in total. The van der Waals surface area contributed by atoms with Gasteiger partial charge in [-0.2, -0.15) is 0 Å². The molecule has 2 heterocycles. The first-order valence-electron chi connectivity index (χ1n) is 11.7. The quantitative estimate of drug-likeness (QED) is 0.656. The van der Waals surface area contributed by atoms with E-state index < -0.39 is 0 Å². The first-order valence-corrected chi connectivity index (χ1v) is 12.1. The number of benzene rings is 1. The molecule has 1 aromatic carbocycles. The van der Waals surface area contributed by atoms with E-state index in [1.165, 1.54) is 5.56 Å². The maximum atomic E-state index is 6.10. The van der Waals surface area contributed by atoms with Crippen LogP contribution < -0.4 is 15.4 Å². The van der Waals surface area contributed by atoms with Crippen LogP contribution in [0.25, 0.3) is 0 Å². The number of nitrogens with one attached hydrogen (secondary N) is 2. The number of nitrogens with zero attached hydrogens (tertiary/aromatic N) is 2. The minimum Gasteiger partial charge on any atom is -0.497 e. The smallest absolute Gasteiger partial charge is 0.169 e. The zero-order valence-corrected chi connectivity index (χ0v) is 21.3. The van der Waals surface area contributed by atoms with E-state index in [1.807, 2.05) is 12.1 Å². The minimum absolute atomic E-state index is 0.0923. The van der Waals surface area contributed by atoms with Crippen LogP contribution in [0.1, 0.15) is 71.9 Å². The van der Waals surface area contributed by atoms with Crippen LogP contribution in [0.3, 0.4) is 0 Å². The fraction of sp³-hybridized carbons (Fsp3) is 0.720. The second-order valence-corrected chi connectivity index (χ2v) is 11.2. The lowest BCUT2D eigenvalue weighted by Gasteiger charge is -2.48. The van der Waals surface area contributed by atoms with Gasteiger partial charge in [-0.25, -0.2) is 0 Å². The van der Waals surface area contributed by atoms with Crippen LogP contribution in [0, 0.1) is 0 Å². The van der Waals surface area contributed by atoms with Crippen molar-refractivity contribution in [3.8, 4) is 5.75 Å². The van der Waals surface area contributed by atoms with Gasteiger partial charge in [0, 0.05) is 23.2 Å². The molecule has 2 fully saturated rings. The van der Waals surface area contributed by atoms with E-state index in [2.05, 4.69) is 74.2 Å². The maximum absolute atomic E-state index is 6.10. The van der Waals surface area contributed by atoms with E-state index in [1.54, 1.807) is 7.11 Å². The Kier molecular flexibility index (Phi) is 7.54. The summed E-state index contributed by atoms with van der Waals surface area (Å²) in [4.78, 5) is 4.90. The molecule has 0 spiro atoms. The molecule has 2 N–H and O–H groups in total. The monoisotopic (exact) mass is 446 g/mol. The first-order chi connectivity index (χ1) is 14.5. The molecule has 0 saturated carbocycles. The highest BCUT2D eigenvalue weighted by Crippen LogP contribution is 2.31. The Morgan fingerprint density at radius 2 is 1.68 bits per heavy atom. The van der Waals surface area contributed by atoms with E-state index >= 15 is 0 Å². The summed E-state index contributed by atoms with van der Waals surface area (Å²) in [5.41, 5.74) is 1.46. The molecule has 31 heavy (non-hydrogen) atoms. The molecule has 3 rings (SSSR count). The van der Waals surface area contributed by atoms with Crippen molar-refractivity contribution >= 4 is 17.3 Å². The summed E-state index contributed by atoms with van der Waals surface area (Å²) in [5.74, 6) is 0.890. The van der Waals surface area contributed by atoms with Crippen molar-refractivity contribution in [1.29, 1.82) is 0 Å². The highest BCUT2D eigenvalue weighted by Gasteiger charge is 2.39. The molecule has 1 atom stereocenters. The molecule has 6 heteroatoms. The van der Waals surface area contributed by atoms with Gasteiger partial charge in [0.2, 0.25) is 0 Å². The number of ether oxygens (including phenoxy) is 1. The molecule has 0 radical (unpaired) electrons. The summed E-state index contributed by atoms with van der Waals surface area (Å²) in [6, 6.07) is 9.48. The summed E-state index contributed by atoms with van der Waals surface area (Å²) in [7, 11) is 3.92. The van der Waals surface area contributed by atoms with Gasteiger partial charge in [-0.1, -0.05) is 12.1 Å². The third kappa shape index (κ3) is 6.33.